The summed E-state index contributed by atoms with van der Waals surface area (Å²) in [5.74, 6) is 0. The molecule has 0 saturated heterocycles. The Kier molecular flexibility index (Phi) is 3.96. The van der Waals surface area contributed by atoms with E-state index in [1.807, 2.05) is 0 Å². The zero-order chi connectivity index (χ0) is 12.2. The van der Waals surface area contributed by atoms with Crippen molar-refractivity contribution in [1.82, 2.24) is 10.2 Å². The maximum atomic E-state index is 3.73. The number of hydrogen-bond donors (Lipinski definition) is 1. The van der Waals surface area contributed by atoms with Crippen molar-refractivity contribution in [3.05, 3.63) is 35.4 Å². The molecule has 1 aromatic rings. The van der Waals surface area contributed by atoms with E-state index in [2.05, 4.69) is 34.5 Å². The summed E-state index contributed by atoms with van der Waals surface area (Å²) in [6, 6.07) is 9.64. The molecular formula is C16H24N2. The first kappa shape index (κ1) is 12.2. The molecule has 0 atom stereocenters. The third-order valence-electron chi connectivity index (χ3n) is 4.37. The molecule has 0 spiro atoms. The zero-order valence-corrected chi connectivity index (χ0v) is 11.2. The molecular weight excluding hydrogens is 220 g/mol. The van der Waals surface area contributed by atoms with E-state index in [0.717, 1.165) is 25.7 Å². The predicted octanol–water partition coefficient (Wildman–Crippen LogP) is 2.92. The lowest BCUT2D eigenvalue weighted by Crippen LogP contribution is -2.36. The highest BCUT2D eigenvalue weighted by Crippen LogP contribution is 2.21. The minimum atomic E-state index is 0.795. The Bertz CT molecular complexity index is 357. The number of fused-ring (bicyclic) bond motifs is 1. The first-order valence-electron chi connectivity index (χ1n) is 7.44. The highest BCUT2D eigenvalue weighted by atomic mass is 15.2. The van der Waals surface area contributed by atoms with Crippen LogP contribution in [0.3, 0.4) is 0 Å². The summed E-state index contributed by atoms with van der Waals surface area (Å²) in [5, 5.41) is 3.73. The maximum absolute atomic E-state index is 3.73. The molecule has 1 aliphatic heterocycles. The van der Waals surface area contributed by atoms with Crippen LogP contribution in [0, 0.1) is 0 Å². The molecule has 18 heavy (non-hydrogen) atoms. The summed E-state index contributed by atoms with van der Waals surface area (Å²) in [7, 11) is 0. The van der Waals surface area contributed by atoms with Crippen molar-refractivity contribution < 1.29 is 0 Å². The van der Waals surface area contributed by atoms with Gasteiger partial charge in [0.05, 0.1) is 0 Å². The molecule has 1 fully saturated rings. The summed E-state index contributed by atoms with van der Waals surface area (Å²) in [6.45, 7) is 4.62. The highest BCUT2D eigenvalue weighted by Gasteiger charge is 2.18. The van der Waals surface area contributed by atoms with Gasteiger partial charge >= 0.3 is 0 Å². The fourth-order valence-corrected chi connectivity index (χ4v) is 3.30. The van der Waals surface area contributed by atoms with E-state index in [0.29, 0.717) is 0 Å². The lowest BCUT2D eigenvalue weighted by atomic mass is 9.95. The van der Waals surface area contributed by atoms with Gasteiger partial charge in [-0.1, -0.05) is 43.5 Å². The van der Waals surface area contributed by atoms with Gasteiger partial charge in [0.1, 0.15) is 0 Å². The molecule has 1 aromatic carbocycles. The van der Waals surface area contributed by atoms with E-state index in [1.165, 1.54) is 49.8 Å². The molecule has 0 radical (unpaired) electrons. The molecule has 2 aliphatic rings. The van der Waals surface area contributed by atoms with Gasteiger partial charge in [-0.15, -0.1) is 0 Å². The van der Waals surface area contributed by atoms with Crippen LogP contribution in [0.25, 0.3) is 0 Å². The van der Waals surface area contributed by atoms with Gasteiger partial charge in [0.25, 0.3) is 0 Å². The normalized spacial score (nSPS) is 21.1. The second-order valence-electron chi connectivity index (χ2n) is 5.77. The topological polar surface area (TPSA) is 15.3 Å². The van der Waals surface area contributed by atoms with Crippen LogP contribution in [0.4, 0.5) is 0 Å². The summed E-state index contributed by atoms with van der Waals surface area (Å²) in [4.78, 5) is 2.56. The Hall–Kier alpha value is -0.860. The van der Waals surface area contributed by atoms with E-state index in [9.17, 15) is 0 Å². The average molecular weight is 244 g/mol. The Labute approximate surface area is 110 Å². The molecule has 0 amide bonds. The molecule has 98 valence electrons. The van der Waals surface area contributed by atoms with Gasteiger partial charge in [-0.3, -0.25) is 4.90 Å². The second kappa shape index (κ2) is 5.85. The van der Waals surface area contributed by atoms with Gasteiger partial charge < -0.3 is 5.32 Å². The first-order chi connectivity index (χ1) is 8.92. The predicted molar refractivity (Wildman–Crippen MR) is 75.4 cm³/mol. The van der Waals surface area contributed by atoms with E-state index in [-0.39, 0.29) is 0 Å². The number of nitrogens with one attached hydrogen (secondary N) is 1. The zero-order valence-electron chi connectivity index (χ0n) is 11.2. The van der Waals surface area contributed by atoms with Crippen LogP contribution < -0.4 is 5.32 Å². The lowest BCUT2D eigenvalue weighted by molar-refractivity contribution is 0.269. The van der Waals surface area contributed by atoms with Crippen LogP contribution in [0.15, 0.2) is 24.3 Å². The van der Waals surface area contributed by atoms with Crippen molar-refractivity contribution in [2.24, 2.45) is 0 Å². The fourth-order valence-electron chi connectivity index (χ4n) is 3.30. The second-order valence-corrected chi connectivity index (χ2v) is 5.77. The van der Waals surface area contributed by atoms with Crippen LogP contribution in [0.5, 0.6) is 0 Å². The molecule has 0 bridgehead atoms. The highest BCUT2D eigenvalue weighted by molar-refractivity contribution is 5.30. The van der Waals surface area contributed by atoms with E-state index < -0.39 is 0 Å². The van der Waals surface area contributed by atoms with Gasteiger partial charge in [-0.05, 0) is 24.0 Å². The van der Waals surface area contributed by atoms with Gasteiger partial charge in [-0.25, -0.2) is 0 Å². The van der Waals surface area contributed by atoms with Gasteiger partial charge in [-0.2, -0.15) is 0 Å². The van der Waals surface area contributed by atoms with Crippen molar-refractivity contribution in [2.75, 3.05) is 13.1 Å². The number of rotatable bonds is 4. The molecule has 1 heterocycles. The first-order valence-corrected chi connectivity index (χ1v) is 7.44. The number of nitrogens with zero attached hydrogens (tertiary/aromatic N) is 1. The molecule has 2 nitrogen and oxygen atoms in total. The van der Waals surface area contributed by atoms with Crippen molar-refractivity contribution in [1.29, 1.82) is 0 Å². The third kappa shape index (κ3) is 2.93. The fraction of sp³-hybridized carbons (Fsp3) is 0.625. The third-order valence-corrected chi connectivity index (χ3v) is 4.37. The van der Waals surface area contributed by atoms with Crippen LogP contribution in [-0.4, -0.2) is 24.0 Å². The van der Waals surface area contributed by atoms with Crippen molar-refractivity contribution in [2.45, 2.75) is 51.2 Å². The summed E-state index contributed by atoms with van der Waals surface area (Å²) >= 11 is 0. The standard InChI is InChI=1S/C16H24N2/c1-2-8-16(9-3-1)17-10-11-18-12-14-6-4-5-7-15(14)13-18/h4-7,16-17H,1-3,8-13H2. The lowest BCUT2D eigenvalue weighted by Gasteiger charge is -2.24. The minimum absolute atomic E-state index is 0.795. The minimum Gasteiger partial charge on any atom is -0.313 e. The Morgan fingerprint density at radius 1 is 1.00 bits per heavy atom. The van der Waals surface area contributed by atoms with Crippen molar-refractivity contribution in [3.8, 4) is 0 Å². The van der Waals surface area contributed by atoms with E-state index in [4.69, 9.17) is 0 Å². The van der Waals surface area contributed by atoms with Crippen LogP contribution in [0.2, 0.25) is 0 Å². The molecule has 1 N–H and O–H groups in total. The summed E-state index contributed by atoms with van der Waals surface area (Å²) < 4.78 is 0. The Balaban J connectivity index is 1.40. The molecule has 2 heteroatoms. The SMILES string of the molecule is c1ccc2c(c1)CN(CCNC1CCCCC1)C2. The summed E-state index contributed by atoms with van der Waals surface area (Å²) in [5.41, 5.74) is 3.05. The largest absolute Gasteiger partial charge is 0.313 e. The summed E-state index contributed by atoms with van der Waals surface area (Å²) in [6.07, 6.45) is 7.07. The van der Waals surface area contributed by atoms with Crippen LogP contribution in [0.1, 0.15) is 43.2 Å². The van der Waals surface area contributed by atoms with Crippen molar-refractivity contribution >= 4 is 0 Å². The molecule has 0 unspecified atom stereocenters. The quantitative estimate of drug-likeness (QED) is 0.876. The number of hydrogen-bond acceptors (Lipinski definition) is 2. The van der Waals surface area contributed by atoms with Gasteiger partial charge in [0.15, 0.2) is 0 Å². The monoisotopic (exact) mass is 244 g/mol. The van der Waals surface area contributed by atoms with Crippen LogP contribution >= 0.6 is 0 Å². The van der Waals surface area contributed by atoms with Gasteiger partial charge in [0.2, 0.25) is 0 Å². The Morgan fingerprint density at radius 3 is 2.33 bits per heavy atom. The Morgan fingerprint density at radius 2 is 1.67 bits per heavy atom. The van der Waals surface area contributed by atoms with Crippen molar-refractivity contribution in [3.63, 3.8) is 0 Å². The van der Waals surface area contributed by atoms with Crippen LogP contribution in [-0.2, 0) is 13.1 Å². The molecule has 1 saturated carbocycles. The smallest absolute Gasteiger partial charge is 0.0241 e. The van der Waals surface area contributed by atoms with E-state index in [1.54, 1.807) is 0 Å². The molecule has 1 aliphatic carbocycles. The van der Waals surface area contributed by atoms with E-state index >= 15 is 0 Å². The van der Waals surface area contributed by atoms with Gasteiger partial charge in [0, 0.05) is 32.2 Å². The molecule has 0 aromatic heterocycles. The molecule has 3 rings (SSSR count). The average Bonchev–Trinajstić information content (AvgIpc) is 2.82. The number of benzene rings is 1. The maximum Gasteiger partial charge on any atom is 0.0241 e.